The van der Waals surface area contributed by atoms with E-state index in [0.29, 0.717) is 0 Å². The topological polar surface area (TPSA) is 0 Å². The lowest BCUT2D eigenvalue weighted by Crippen LogP contribution is -2.12. The highest BCUT2D eigenvalue weighted by atomic mass is 35.5. The summed E-state index contributed by atoms with van der Waals surface area (Å²) in [6, 6.07) is 3.04. The highest BCUT2D eigenvalue weighted by Crippen LogP contribution is 2.42. The molecule has 0 bridgehead atoms. The predicted molar refractivity (Wildman–Crippen MR) is 55.4 cm³/mol. The zero-order valence-electron chi connectivity index (χ0n) is 6.88. The highest BCUT2D eigenvalue weighted by Gasteiger charge is 2.36. The van der Waals surface area contributed by atoms with Crippen molar-refractivity contribution in [3.05, 3.63) is 35.1 Å². The van der Waals surface area contributed by atoms with E-state index >= 15 is 0 Å². The molecule has 0 N–H and O–H groups in total. The Morgan fingerprint density at radius 2 is 1.20 bits per heavy atom. The zero-order valence-corrected chi connectivity index (χ0v) is 9.90. The number of rotatable bonds is 2. The van der Waals surface area contributed by atoms with E-state index in [9.17, 15) is 13.2 Å². The molecule has 0 aromatic heterocycles. The molecule has 0 atom stereocenters. The van der Waals surface area contributed by atoms with Gasteiger partial charge in [-0.2, -0.15) is 0 Å². The van der Waals surface area contributed by atoms with Crippen molar-refractivity contribution in [1.29, 1.82) is 0 Å². The Morgan fingerprint density at radius 1 is 0.867 bits per heavy atom. The van der Waals surface area contributed by atoms with Crippen molar-refractivity contribution in [2.75, 3.05) is 0 Å². The molecule has 15 heavy (non-hydrogen) atoms. The molecule has 0 aliphatic heterocycles. The van der Waals surface area contributed by atoms with E-state index in [2.05, 4.69) is 0 Å². The van der Waals surface area contributed by atoms with Crippen molar-refractivity contribution in [2.24, 2.45) is 0 Å². The molecule has 0 nitrogen and oxygen atoms in total. The summed E-state index contributed by atoms with van der Waals surface area (Å²) in [4.78, 5) is 0. The van der Waals surface area contributed by atoms with Crippen LogP contribution in [0.5, 0.6) is 0 Å². The maximum absolute atomic E-state index is 13.4. The third-order valence-electron chi connectivity index (χ3n) is 1.61. The fraction of sp³-hybridized carbons (Fsp3) is 0.250. The molecule has 0 aliphatic rings. The fourth-order valence-corrected chi connectivity index (χ4v) is 1.55. The van der Waals surface area contributed by atoms with Crippen LogP contribution < -0.4 is 0 Å². The van der Waals surface area contributed by atoms with Gasteiger partial charge in [-0.15, -0.1) is 0 Å². The van der Waals surface area contributed by atoms with Gasteiger partial charge in [-0.05, 0) is 0 Å². The molecule has 1 aromatic carbocycles. The summed E-state index contributed by atoms with van der Waals surface area (Å²) < 4.78 is 33.6. The first-order valence-corrected chi connectivity index (χ1v) is 5.08. The van der Waals surface area contributed by atoms with E-state index in [1.807, 2.05) is 0 Å². The molecule has 0 heterocycles. The maximum Gasteiger partial charge on any atom is 0.286 e. The van der Waals surface area contributed by atoms with Crippen LogP contribution in [0.3, 0.4) is 0 Å². The summed E-state index contributed by atoms with van der Waals surface area (Å²) in [5.41, 5.74) is -1.49. The Labute approximate surface area is 104 Å². The highest BCUT2D eigenvalue weighted by molar-refractivity contribution is 6.47. The number of hydrogen-bond acceptors (Lipinski definition) is 0. The second kappa shape index (κ2) is 4.21. The summed E-state index contributed by atoms with van der Waals surface area (Å²) in [6.07, 6.45) is 0. The predicted octanol–water partition coefficient (Wildman–Crippen LogP) is 4.94. The Balaban J connectivity index is 3.37. The smallest absolute Gasteiger partial charge is 0.206 e. The van der Waals surface area contributed by atoms with E-state index in [4.69, 9.17) is 46.4 Å². The van der Waals surface area contributed by atoms with Crippen LogP contribution in [0.25, 0.3) is 0 Å². The van der Waals surface area contributed by atoms with Crippen LogP contribution in [0.4, 0.5) is 13.2 Å². The number of hydrogen-bond donors (Lipinski definition) is 0. The van der Waals surface area contributed by atoms with Crippen molar-refractivity contribution in [2.45, 2.75) is 9.17 Å². The fourth-order valence-electron chi connectivity index (χ4n) is 0.970. The van der Waals surface area contributed by atoms with E-state index in [-0.39, 0.29) is 0 Å². The van der Waals surface area contributed by atoms with Crippen molar-refractivity contribution >= 4 is 46.4 Å². The standard InChI is InChI=1S/C8H3Cl4F3/c9-7(10,14)4-2-1-3-5(6(4)13)8(11,12)15/h1-3H. The Bertz CT molecular complexity index is 335. The molecule has 0 radical (unpaired) electrons. The lowest BCUT2D eigenvalue weighted by molar-refractivity contribution is 0.368. The number of benzene rings is 1. The van der Waals surface area contributed by atoms with Gasteiger partial charge in [0, 0.05) is 0 Å². The Kier molecular flexibility index (Phi) is 3.71. The summed E-state index contributed by atoms with van der Waals surface area (Å²) >= 11 is 20.1. The second-order valence-corrected chi connectivity index (χ2v) is 5.13. The van der Waals surface area contributed by atoms with Crippen LogP contribution in [-0.4, -0.2) is 0 Å². The minimum Gasteiger partial charge on any atom is -0.206 e. The van der Waals surface area contributed by atoms with Gasteiger partial charge in [0.05, 0.1) is 11.1 Å². The minimum absolute atomic E-state index is 0.744. The molecule has 7 heteroatoms. The molecule has 0 aliphatic carbocycles. The molecule has 0 spiro atoms. The normalized spacial score (nSPS) is 13.0. The van der Waals surface area contributed by atoms with E-state index < -0.39 is 26.1 Å². The lowest BCUT2D eigenvalue weighted by Gasteiger charge is -2.16. The van der Waals surface area contributed by atoms with Crippen molar-refractivity contribution < 1.29 is 13.2 Å². The van der Waals surface area contributed by atoms with E-state index in [1.54, 1.807) is 0 Å². The molecule has 0 saturated carbocycles. The number of halogens is 7. The van der Waals surface area contributed by atoms with E-state index in [1.165, 1.54) is 0 Å². The van der Waals surface area contributed by atoms with Crippen LogP contribution in [0.15, 0.2) is 18.2 Å². The Hall–Kier alpha value is 0.170. The van der Waals surface area contributed by atoms with Gasteiger partial charge >= 0.3 is 0 Å². The summed E-state index contributed by atoms with van der Waals surface area (Å²) in [5, 5.41) is 0. The maximum atomic E-state index is 13.4. The molecule has 0 saturated heterocycles. The molecule has 0 unspecified atom stereocenters. The first-order valence-electron chi connectivity index (χ1n) is 3.57. The first-order chi connectivity index (χ1) is 6.64. The molecular formula is C8H3Cl4F3. The third kappa shape index (κ3) is 3.06. The van der Waals surface area contributed by atoms with Gasteiger partial charge in [-0.3, -0.25) is 0 Å². The van der Waals surface area contributed by atoms with Gasteiger partial charge in [-0.1, -0.05) is 64.6 Å². The van der Waals surface area contributed by atoms with Gasteiger partial charge in [0.15, 0.2) is 0 Å². The monoisotopic (exact) mass is 296 g/mol. The Morgan fingerprint density at radius 3 is 1.47 bits per heavy atom. The number of alkyl halides is 6. The van der Waals surface area contributed by atoms with Crippen LogP contribution in [-0.2, 0) is 9.17 Å². The molecular weight excluding hydrogens is 295 g/mol. The summed E-state index contributed by atoms with van der Waals surface area (Å²) in [7, 11) is 0. The van der Waals surface area contributed by atoms with Gasteiger partial charge in [-0.25, -0.2) is 13.2 Å². The average molecular weight is 298 g/mol. The molecule has 0 amide bonds. The molecule has 0 fully saturated rings. The van der Waals surface area contributed by atoms with Crippen LogP contribution in [0, 0.1) is 5.82 Å². The summed E-state index contributed by atoms with van der Waals surface area (Å²) in [5.74, 6) is -1.32. The lowest BCUT2D eigenvalue weighted by atomic mass is 10.1. The van der Waals surface area contributed by atoms with Gasteiger partial charge < -0.3 is 0 Å². The summed E-state index contributed by atoms with van der Waals surface area (Å²) in [6.45, 7) is 0. The second-order valence-electron chi connectivity index (χ2n) is 2.66. The van der Waals surface area contributed by atoms with Crippen molar-refractivity contribution in [1.82, 2.24) is 0 Å². The van der Waals surface area contributed by atoms with Crippen LogP contribution >= 0.6 is 46.4 Å². The average Bonchev–Trinajstić information content (AvgIpc) is 1.99. The van der Waals surface area contributed by atoms with E-state index in [0.717, 1.165) is 18.2 Å². The minimum atomic E-state index is -2.97. The SMILES string of the molecule is Fc1c(C(F)(Cl)Cl)cccc1C(F)(Cl)Cl. The van der Waals surface area contributed by atoms with Crippen LogP contribution in [0.1, 0.15) is 11.1 Å². The molecule has 1 rings (SSSR count). The van der Waals surface area contributed by atoms with Gasteiger partial charge in [0.1, 0.15) is 5.82 Å². The van der Waals surface area contributed by atoms with Crippen molar-refractivity contribution in [3.8, 4) is 0 Å². The van der Waals surface area contributed by atoms with Crippen molar-refractivity contribution in [3.63, 3.8) is 0 Å². The van der Waals surface area contributed by atoms with Gasteiger partial charge in [0.25, 0.3) is 9.17 Å². The van der Waals surface area contributed by atoms with Gasteiger partial charge in [0.2, 0.25) is 0 Å². The molecule has 84 valence electrons. The largest absolute Gasteiger partial charge is 0.286 e. The first kappa shape index (κ1) is 13.2. The third-order valence-corrected chi connectivity index (χ3v) is 2.42. The van der Waals surface area contributed by atoms with Crippen LogP contribution in [0.2, 0.25) is 0 Å². The zero-order chi connectivity index (χ0) is 11.9. The quantitative estimate of drug-likeness (QED) is 0.678. The molecule has 1 aromatic rings.